The first kappa shape index (κ1) is 31.6. The predicted molar refractivity (Wildman–Crippen MR) is 237 cm³/mol. The molecule has 0 atom stereocenters. The zero-order valence-electron chi connectivity index (χ0n) is 29.9. The minimum Gasteiger partial charge on any atom is -0.310 e. The lowest BCUT2D eigenvalue weighted by molar-refractivity contribution is 1.18. The number of rotatable bonds is 6. The number of hydrogen-bond donors (Lipinski definition) is 0. The molecule has 0 aliphatic carbocycles. The first-order valence-corrected chi connectivity index (χ1v) is 19.6. The Kier molecular flexibility index (Phi) is 7.39. The second kappa shape index (κ2) is 12.9. The van der Waals surface area contributed by atoms with Crippen molar-refractivity contribution >= 4 is 81.1 Å². The molecule has 0 amide bonds. The molecule has 3 heteroatoms. The standard InChI is InChI=1S/C52H34N2S/c1-2-14-40(15-3-1)54-49-20-10-7-17-44(49)45-30-26-38(33-50(45)54)36-24-27-41(28-25-36)53(42-29-31-47-46-18-8-11-21-51(46)55-52(47)34-42)48-19-9-6-16-43(48)39-23-22-35-12-4-5-13-37(35)32-39/h1-34H. The third-order valence-electron chi connectivity index (χ3n) is 11.0. The highest BCUT2D eigenvalue weighted by Crippen LogP contribution is 2.45. The molecule has 0 saturated heterocycles. The van der Waals surface area contributed by atoms with Crippen LogP contribution in [-0.2, 0) is 0 Å². The zero-order chi connectivity index (χ0) is 36.3. The van der Waals surface area contributed by atoms with Crippen molar-refractivity contribution in [3.05, 3.63) is 206 Å². The molecule has 0 aliphatic rings. The van der Waals surface area contributed by atoms with E-state index in [1.807, 2.05) is 11.3 Å². The van der Waals surface area contributed by atoms with Crippen LogP contribution in [0.15, 0.2) is 206 Å². The average molecular weight is 719 g/mol. The van der Waals surface area contributed by atoms with Gasteiger partial charge in [0.1, 0.15) is 0 Å². The van der Waals surface area contributed by atoms with Gasteiger partial charge in [-0.1, -0.05) is 140 Å². The third-order valence-corrected chi connectivity index (χ3v) is 12.1. The van der Waals surface area contributed by atoms with Crippen molar-refractivity contribution in [1.82, 2.24) is 4.57 Å². The van der Waals surface area contributed by atoms with Crippen LogP contribution in [0.2, 0.25) is 0 Å². The summed E-state index contributed by atoms with van der Waals surface area (Å²) < 4.78 is 4.98. The largest absolute Gasteiger partial charge is 0.310 e. The van der Waals surface area contributed by atoms with Crippen LogP contribution in [0.5, 0.6) is 0 Å². The highest BCUT2D eigenvalue weighted by Gasteiger charge is 2.19. The fourth-order valence-electron chi connectivity index (χ4n) is 8.36. The first-order valence-electron chi connectivity index (χ1n) is 18.8. The maximum Gasteiger partial charge on any atom is 0.0547 e. The molecule has 0 unspecified atom stereocenters. The molecule has 2 aromatic heterocycles. The van der Waals surface area contributed by atoms with Gasteiger partial charge in [0, 0.05) is 53.6 Å². The Labute approximate surface area is 323 Å². The number of thiophene rings is 1. The van der Waals surface area contributed by atoms with Gasteiger partial charge in [-0.15, -0.1) is 11.3 Å². The molecule has 0 aliphatic heterocycles. The smallest absolute Gasteiger partial charge is 0.0547 e. The number of para-hydroxylation sites is 3. The fraction of sp³-hybridized carbons (Fsp3) is 0. The van der Waals surface area contributed by atoms with Gasteiger partial charge in [0.15, 0.2) is 0 Å². The van der Waals surface area contributed by atoms with Crippen molar-refractivity contribution < 1.29 is 0 Å². The van der Waals surface area contributed by atoms with Crippen LogP contribution in [0.4, 0.5) is 17.1 Å². The van der Waals surface area contributed by atoms with Gasteiger partial charge in [-0.2, -0.15) is 0 Å². The quantitative estimate of drug-likeness (QED) is 0.166. The van der Waals surface area contributed by atoms with Crippen molar-refractivity contribution in [2.24, 2.45) is 0 Å². The molecule has 11 aromatic rings. The van der Waals surface area contributed by atoms with E-state index in [1.165, 1.54) is 75.0 Å². The molecule has 0 radical (unpaired) electrons. The van der Waals surface area contributed by atoms with E-state index in [-0.39, 0.29) is 0 Å². The van der Waals surface area contributed by atoms with Crippen molar-refractivity contribution in [3.8, 4) is 27.9 Å². The van der Waals surface area contributed by atoms with Crippen molar-refractivity contribution in [3.63, 3.8) is 0 Å². The summed E-state index contributed by atoms with van der Waals surface area (Å²) >= 11 is 1.86. The molecule has 2 nitrogen and oxygen atoms in total. The maximum absolute atomic E-state index is 2.43. The predicted octanol–water partition coefficient (Wildman–Crippen LogP) is 15.1. The molecule has 0 spiro atoms. The van der Waals surface area contributed by atoms with Crippen LogP contribution < -0.4 is 4.90 Å². The average Bonchev–Trinajstić information content (AvgIpc) is 3.79. The SMILES string of the molecule is c1ccc(-n2c3ccccc3c3ccc(-c4ccc(N(c5ccc6c(c5)sc5ccccc56)c5ccccc5-c5ccc6ccccc6c5)cc4)cc32)cc1. The molecule has 258 valence electrons. The van der Waals surface area contributed by atoms with Gasteiger partial charge < -0.3 is 9.47 Å². The molecule has 0 fully saturated rings. The lowest BCUT2D eigenvalue weighted by Gasteiger charge is -2.28. The van der Waals surface area contributed by atoms with Gasteiger partial charge >= 0.3 is 0 Å². The highest BCUT2D eigenvalue weighted by atomic mass is 32.1. The molecular weight excluding hydrogens is 685 g/mol. The Morgan fingerprint density at radius 3 is 1.89 bits per heavy atom. The van der Waals surface area contributed by atoms with E-state index in [1.54, 1.807) is 0 Å². The topological polar surface area (TPSA) is 8.17 Å². The van der Waals surface area contributed by atoms with Gasteiger partial charge in [-0.05, 0) is 94.2 Å². The summed E-state index contributed by atoms with van der Waals surface area (Å²) in [5.41, 5.74) is 11.7. The number of fused-ring (bicyclic) bond motifs is 7. The normalized spacial score (nSPS) is 11.6. The van der Waals surface area contributed by atoms with Crippen LogP contribution in [-0.4, -0.2) is 4.57 Å². The number of anilines is 3. The summed E-state index contributed by atoms with van der Waals surface area (Å²) in [7, 11) is 0. The summed E-state index contributed by atoms with van der Waals surface area (Å²) in [6, 6.07) is 75.2. The Morgan fingerprint density at radius 1 is 0.364 bits per heavy atom. The molecule has 0 bridgehead atoms. The van der Waals surface area contributed by atoms with Crippen LogP contribution in [0.1, 0.15) is 0 Å². The minimum absolute atomic E-state index is 1.11. The Bertz CT molecular complexity index is 3210. The number of hydrogen-bond acceptors (Lipinski definition) is 2. The molecule has 2 heterocycles. The molecule has 0 saturated carbocycles. The van der Waals surface area contributed by atoms with E-state index >= 15 is 0 Å². The Morgan fingerprint density at radius 2 is 1.00 bits per heavy atom. The number of nitrogens with zero attached hydrogens (tertiary/aromatic N) is 2. The lowest BCUT2D eigenvalue weighted by Crippen LogP contribution is -2.11. The van der Waals surface area contributed by atoms with Crippen LogP contribution in [0.3, 0.4) is 0 Å². The van der Waals surface area contributed by atoms with Gasteiger partial charge in [-0.25, -0.2) is 0 Å². The number of aromatic nitrogens is 1. The second-order valence-electron chi connectivity index (χ2n) is 14.2. The van der Waals surface area contributed by atoms with Crippen LogP contribution in [0.25, 0.3) is 80.7 Å². The fourth-order valence-corrected chi connectivity index (χ4v) is 9.50. The summed E-state index contributed by atoms with van der Waals surface area (Å²) in [4.78, 5) is 2.43. The van der Waals surface area contributed by atoms with E-state index in [0.29, 0.717) is 0 Å². The zero-order valence-corrected chi connectivity index (χ0v) is 30.7. The van der Waals surface area contributed by atoms with Gasteiger partial charge in [0.25, 0.3) is 0 Å². The first-order chi connectivity index (χ1) is 27.3. The van der Waals surface area contributed by atoms with Crippen molar-refractivity contribution in [2.75, 3.05) is 4.90 Å². The van der Waals surface area contributed by atoms with E-state index in [0.717, 1.165) is 22.7 Å². The molecular formula is C52H34N2S. The van der Waals surface area contributed by atoms with E-state index < -0.39 is 0 Å². The summed E-state index contributed by atoms with van der Waals surface area (Å²) in [6.07, 6.45) is 0. The molecule has 55 heavy (non-hydrogen) atoms. The van der Waals surface area contributed by atoms with E-state index in [4.69, 9.17) is 0 Å². The molecule has 0 N–H and O–H groups in total. The van der Waals surface area contributed by atoms with Crippen molar-refractivity contribution in [1.29, 1.82) is 0 Å². The molecule has 11 rings (SSSR count). The monoisotopic (exact) mass is 718 g/mol. The van der Waals surface area contributed by atoms with E-state index in [2.05, 4.69) is 216 Å². The minimum atomic E-state index is 1.11. The number of benzene rings is 9. The van der Waals surface area contributed by atoms with Crippen LogP contribution in [0, 0.1) is 0 Å². The third kappa shape index (κ3) is 5.32. The summed E-state index contributed by atoms with van der Waals surface area (Å²) in [5, 5.41) is 7.61. The van der Waals surface area contributed by atoms with Crippen molar-refractivity contribution in [2.45, 2.75) is 0 Å². The van der Waals surface area contributed by atoms with Gasteiger partial charge in [0.05, 0.1) is 16.7 Å². The Hall–Kier alpha value is -6.94. The summed E-state index contributed by atoms with van der Waals surface area (Å²) in [5.74, 6) is 0. The maximum atomic E-state index is 2.43. The Balaban J connectivity index is 1.06. The van der Waals surface area contributed by atoms with E-state index in [9.17, 15) is 0 Å². The van der Waals surface area contributed by atoms with Crippen LogP contribution >= 0.6 is 11.3 Å². The summed E-state index contributed by atoms with van der Waals surface area (Å²) in [6.45, 7) is 0. The van der Waals surface area contributed by atoms with Gasteiger partial charge in [-0.3, -0.25) is 0 Å². The highest BCUT2D eigenvalue weighted by molar-refractivity contribution is 7.25. The lowest BCUT2D eigenvalue weighted by atomic mass is 9.98. The second-order valence-corrected chi connectivity index (χ2v) is 15.2. The van der Waals surface area contributed by atoms with Gasteiger partial charge in [0.2, 0.25) is 0 Å². The molecule has 9 aromatic carbocycles.